The predicted octanol–water partition coefficient (Wildman–Crippen LogP) is 3.89. The molecule has 0 bridgehead atoms. The number of amides is 2. The first-order valence-electron chi connectivity index (χ1n) is 9.23. The SMILES string of the molecule is COc1ccc(C(=O)Nc2ccc3c(c2)N(C(=O)C(C)(C)C)CC3)cc1OC. The van der Waals surface area contributed by atoms with Crippen molar-refractivity contribution in [1.29, 1.82) is 0 Å². The number of carbonyl (C=O) groups is 2. The fourth-order valence-corrected chi connectivity index (χ4v) is 3.25. The minimum absolute atomic E-state index is 0.0783. The molecule has 0 saturated heterocycles. The maximum Gasteiger partial charge on any atom is 0.255 e. The summed E-state index contributed by atoms with van der Waals surface area (Å²) in [5.41, 5.74) is 2.63. The number of rotatable bonds is 4. The Hall–Kier alpha value is -3.02. The molecule has 0 saturated carbocycles. The number of ether oxygens (including phenoxy) is 2. The molecular formula is C22H26N2O4. The minimum Gasteiger partial charge on any atom is -0.493 e. The zero-order chi connectivity index (χ0) is 20.5. The van der Waals surface area contributed by atoms with E-state index in [1.165, 1.54) is 7.11 Å². The molecule has 1 N–H and O–H groups in total. The Bertz CT molecular complexity index is 915. The van der Waals surface area contributed by atoms with Gasteiger partial charge in [0.25, 0.3) is 5.91 Å². The van der Waals surface area contributed by atoms with Crippen molar-refractivity contribution in [2.75, 3.05) is 31.0 Å². The third-order valence-electron chi connectivity index (χ3n) is 4.77. The Labute approximate surface area is 165 Å². The molecule has 6 heteroatoms. The van der Waals surface area contributed by atoms with E-state index in [0.29, 0.717) is 29.3 Å². The summed E-state index contributed by atoms with van der Waals surface area (Å²) in [5.74, 6) is 0.876. The molecule has 6 nitrogen and oxygen atoms in total. The molecule has 2 aromatic rings. The monoisotopic (exact) mass is 382 g/mol. The summed E-state index contributed by atoms with van der Waals surface area (Å²) in [7, 11) is 3.08. The van der Waals surface area contributed by atoms with Crippen LogP contribution in [-0.4, -0.2) is 32.6 Å². The third kappa shape index (κ3) is 3.81. The molecule has 28 heavy (non-hydrogen) atoms. The van der Waals surface area contributed by atoms with E-state index in [-0.39, 0.29) is 11.8 Å². The number of carbonyl (C=O) groups excluding carboxylic acids is 2. The van der Waals surface area contributed by atoms with Crippen LogP contribution in [0.25, 0.3) is 0 Å². The first kappa shape index (κ1) is 19.7. The van der Waals surface area contributed by atoms with Crippen molar-refractivity contribution < 1.29 is 19.1 Å². The van der Waals surface area contributed by atoms with Gasteiger partial charge in [-0.25, -0.2) is 0 Å². The van der Waals surface area contributed by atoms with E-state index >= 15 is 0 Å². The molecule has 0 aliphatic carbocycles. The van der Waals surface area contributed by atoms with Crippen molar-refractivity contribution in [3.8, 4) is 11.5 Å². The van der Waals surface area contributed by atoms with Crippen LogP contribution in [0.3, 0.4) is 0 Å². The van der Waals surface area contributed by atoms with Gasteiger partial charge in [0, 0.05) is 28.9 Å². The van der Waals surface area contributed by atoms with Gasteiger partial charge in [-0.15, -0.1) is 0 Å². The smallest absolute Gasteiger partial charge is 0.255 e. The summed E-state index contributed by atoms with van der Waals surface area (Å²) in [6.45, 7) is 6.40. The van der Waals surface area contributed by atoms with Crippen LogP contribution in [0.4, 0.5) is 11.4 Å². The molecule has 1 aliphatic rings. The van der Waals surface area contributed by atoms with E-state index < -0.39 is 5.41 Å². The van der Waals surface area contributed by atoms with Gasteiger partial charge in [-0.05, 0) is 42.3 Å². The summed E-state index contributed by atoms with van der Waals surface area (Å²) in [6, 6.07) is 10.7. The second-order valence-electron chi connectivity index (χ2n) is 7.82. The van der Waals surface area contributed by atoms with Crippen LogP contribution < -0.4 is 19.7 Å². The molecule has 0 atom stereocenters. The number of methoxy groups -OCH3 is 2. The molecule has 2 aromatic carbocycles. The highest BCUT2D eigenvalue weighted by atomic mass is 16.5. The van der Waals surface area contributed by atoms with Crippen LogP contribution in [0.15, 0.2) is 36.4 Å². The fourth-order valence-electron chi connectivity index (χ4n) is 3.25. The quantitative estimate of drug-likeness (QED) is 0.871. The summed E-state index contributed by atoms with van der Waals surface area (Å²) in [4.78, 5) is 27.2. The number of hydrogen-bond donors (Lipinski definition) is 1. The lowest BCUT2D eigenvalue weighted by Gasteiger charge is -2.26. The molecule has 3 rings (SSSR count). The van der Waals surface area contributed by atoms with E-state index in [2.05, 4.69) is 5.32 Å². The van der Waals surface area contributed by atoms with Crippen molar-refractivity contribution in [3.63, 3.8) is 0 Å². The lowest BCUT2D eigenvalue weighted by molar-refractivity contribution is -0.125. The zero-order valence-electron chi connectivity index (χ0n) is 17.0. The van der Waals surface area contributed by atoms with Gasteiger partial charge in [0.2, 0.25) is 5.91 Å². The molecular weight excluding hydrogens is 356 g/mol. The molecule has 148 valence electrons. The number of fused-ring (bicyclic) bond motifs is 1. The summed E-state index contributed by atoms with van der Waals surface area (Å²) < 4.78 is 10.5. The van der Waals surface area contributed by atoms with Gasteiger partial charge in [0.05, 0.1) is 14.2 Å². The first-order chi connectivity index (χ1) is 13.2. The van der Waals surface area contributed by atoms with E-state index in [1.807, 2.05) is 39.0 Å². The van der Waals surface area contributed by atoms with Crippen LogP contribution >= 0.6 is 0 Å². The van der Waals surface area contributed by atoms with Gasteiger partial charge in [-0.2, -0.15) is 0 Å². The van der Waals surface area contributed by atoms with E-state index in [4.69, 9.17) is 9.47 Å². The third-order valence-corrected chi connectivity index (χ3v) is 4.77. The van der Waals surface area contributed by atoms with Crippen LogP contribution in [0, 0.1) is 5.41 Å². The van der Waals surface area contributed by atoms with E-state index in [9.17, 15) is 9.59 Å². The molecule has 0 fully saturated rings. The number of hydrogen-bond acceptors (Lipinski definition) is 4. The topological polar surface area (TPSA) is 67.9 Å². The lowest BCUT2D eigenvalue weighted by atomic mass is 9.94. The average molecular weight is 382 g/mol. The highest BCUT2D eigenvalue weighted by molar-refractivity contribution is 6.05. The normalized spacial score (nSPS) is 13.1. The van der Waals surface area contributed by atoms with Crippen molar-refractivity contribution in [1.82, 2.24) is 0 Å². The average Bonchev–Trinajstić information content (AvgIpc) is 3.08. The molecule has 0 radical (unpaired) electrons. The van der Waals surface area contributed by atoms with E-state index in [1.54, 1.807) is 30.2 Å². The van der Waals surface area contributed by atoms with Crippen molar-refractivity contribution in [2.24, 2.45) is 5.41 Å². The van der Waals surface area contributed by atoms with Crippen molar-refractivity contribution in [3.05, 3.63) is 47.5 Å². The van der Waals surface area contributed by atoms with Gasteiger partial charge in [0.15, 0.2) is 11.5 Å². The highest BCUT2D eigenvalue weighted by Gasteiger charge is 2.32. The lowest BCUT2D eigenvalue weighted by Crippen LogP contribution is -2.38. The molecule has 0 aromatic heterocycles. The number of nitrogens with zero attached hydrogens (tertiary/aromatic N) is 1. The summed E-state index contributed by atoms with van der Waals surface area (Å²) >= 11 is 0. The Morgan fingerprint density at radius 3 is 2.36 bits per heavy atom. The molecule has 0 spiro atoms. The minimum atomic E-state index is -0.458. The maximum absolute atomic E-state index is 12.7. The van der Waals surface area contributed by atoms with Crippen LogP contribution in [-0.2, 0) is 11.2 Å². The van der Waals surface area contributed by atoms with Crippen LogP contribution in [0.1, 0.15) is 36.7 Å². The van der Waals surface area contributed by atoms with Crippen molar-refractivity contribution in [2.45, 2.75) is 27.2 Å². The van der Waals surface area contributed by atoms with Gasteiger partial charge >= 0.3 is 0 Å². The second-order valence-corrected chi connectivity index (χ2v) is 7.82. The van der Waals surface area contributed by atoms with Crippen molar-refractivity contribution >= 4 is 23.2 Å². The molecule has 2 amide bonds. The Morgan fingerprint density at radius 2 is 1.71 bits per heavy atom. The standard InChI is InChI=1S/C22H26N2O4/c1-22(2,3)21(26)24-11-10-14-6-8-16(13-17(14)24)23-20(25)15-7-9-18(27-4)19(12-15)28-5/h6-9,12-13H,10-11H2,1-5H3,(H,23,25). The largest absolute Gasteiger partial charge is 0.493 e. The van der Waals surface area contributed by atoms with Crippen LogP contribution in [0.5, 0.6) is 11.5 Å². The summed E-state index contributed by atoms with van der Waals surface area (Å²) in [5, 5.41) is 2.90. The Morgan fingerprint density at radius 1 is 1.00 bits per heavy atom. The fraction of sp³-hybridized carbons (Fsp3) is 0.364. The maximum atomic E-state index is 12.7. The van der Waals surface area contributed by atoms with E-state index in [0.717, 1.165) is 17.7 Å². The molecule has 1 aliphatic heterocycles. The summed E-state index contributed by atoms with van der Waals surface area (Å²) in [6.07, 6.45) is 0.820. The van der Waals surface area contributed by atoms with Gasteiger partial charge in [-0.1, -0.05) is 26.8 Å². The molecule has 0 unspecified atom stereocenters. The Balaban J connectivity index is 1.83. The first-order valence-corrected chi connectivity index (χ1v) is 9.23. The van der Waals surface area contributed by atoms with Gasteiger partial charge < -0.3 is 19.7 Å². The number of benzene rings is 2. The number of anilines is 2. The van der Waals surface area contributed by atoms with Crippen LogP contribution in [0.2, 0.25) is 0 Å². The number of nitrogens with one attached hydrogen (secondary N) is 1. The van der Waals surface area contributed by atoms with Gasteiger partial charge in [0.1, 0.15) is 0 Å². The Kier molecular flexibility index (Phi) is 5.31. The molecule has 1 heterocycles. The van der Waals surface area contributed by atoms with Gasteiger partial charge in [-0.3, -0.25) is 9.59 Å². The predicted molar refractivity (Wildman–Crippen MR) is 109 cm³/mol. The second kappa shape index (κ2) is 7.54. The zero-order valence-corrected chi connectivity index (χ0v) is 17.0. The highest BCUT2D eigenvalue weighted by Crippen LogP contribution is 2.34.